The third kappa shape index (κ3) is 5.70. The molecule has 102 valence electrons. The van der Waals surface area contributed by atoms with Crippen LogP contribution in [0.4, 0.5) is 10.5 Å². The lowest BCUT2D eigenvalue weighted by Gasteiger charge is -2.19. The van der Waals surface area contributed by atoms with Gasteiger partial charge in [0.05, 0.1) is 11.9 Å². The maximum atomic E-state index is 11.5. The van der Waals surface area contributed by atoms with Crippen LogP contribution in [0.3, 0.4) is 0 Å². The first-order valence-corrected chi connectivity index (χ1v) is 6.43. The Labute approximate surface area is 109 Å². The predicted molar refractivity (Wildman–Crippen MR) is 71.6 cm³/mol. The molecule has 0 aliphatic carbocycles. The Hall–Kier alpha value is -1.52. The first-order chi connectivity index (χ1) is 8.40. The molecule has 1 aromatic rings. The summed E-state index contributed by atoms with van der Waals surface area (Å²) >= 11 is 0. The van der Waals surface area contributed by atoms with Gasteiger partial charge in [0.2, 0.25) is 0 Å². The Morgan fingerprint density at radius 1 is 1.44 bits per heavy atom. The van der Waals surface area contributed by atoms with Crippen LogP contribution < -0.4 is 5.32 Å². The van der Waals surface area contributed by atoms with E-state index in [1.165, 1.54) is 12.8 Å². The van der Waals surface area contributed by atoms with Crippen LogP contribution in [0.1, 0.15) is 47.0 Å². The summed E-state index contributed by atoms with van der Waals surface area (Å²) in [6.45, 7) is 8.55. The van der Waals surface area contributed by atoms with Crippen molar-refractivity contribution in [3.05, 3.63) is 12.4 Å². The molecule has 5 nitrogen and oxygen atoms in total. The lowest BCUT2D eigenvalue weighted by molar-refractivity contribution is 0.0636. The van der Waals surface area contributed by atoms with Crippen molar-refractivity contribution >= 4 is 11.8 Å². The second-order valence-electron chi connectivity index (χ2n) is 5.33. The predicted octanol–water partition coefficient (Wildman–Crippen LogP) is 3.42. The zero-order chi connectivity index (χ0) is 13.6. The van der Waals surface area contributed by atoms with Crippen LogP contribution in [0.2, 0.25) is 0 Å². The summed E-state index contributed by atoms with van der Waals surface area (Å²) < 4.78 is 7.00. The highest BCUT2D eigenvalue weighted by atomic mass is 16.6. The number of amides is 1. The molecule has 0 aliphatic rings. The van der Waals surface area contributed by atoms with Crippen molar-refractivity contribution in [2.24, 2.45) is 0 Å². The molecular weight excluding hydrogens is 230 g/mol. The number of carbonyl (C=O) groups is 1. The van der Waals surface area contributed by atoms with Gasteiger partial charge in [0.15, 0.2) is 0 Å². The lowest BCUT2D eigenvalue weighted by Crippen LogP contribution is -2.27. The highest BCUT2D eigenvalue weighted by Gasteiger charge is 2.16. The fraction of sp³-hybridized carbons (Fsp3) is 0.692. The molecule has 5 heteroatoms. The molecule has 0 bridgehead atoms. The van der Waals surface area contributed by atoms with Crippen molar-refractivity contribution < 1.29 is 9.53 Å². The van der Waals surface area contributed by atoms with Gasteiger partial charge in [-0.1, -0.05) is 19.8 Å². The smallest absolute Gasteiger partial charge is 0.412 e. The molecule has 1 N–H and O–H groups in total. The number of ether oxygens (including phenoxy) is 1. The summed E-state index contributed by atoms with van der Waals surface area (Å²) in [5.74, 6) is 0. The first-order valence-electron chi connectivity index (χ1n) is 6.43. The number of aromatic nitrogens is 2. The quantitative estimate of drug-likeness (QED) is 0.818. The molecule has 0 unspecified atom stereocenters. The number of nitrogens with one attached hydrogen (secondary N) is 1. The van der Waals surface area contributed by atoms with Crippen LogP contribution in [-0.2, 0) is 11.3 Å². The maximum Gasteiger partial charge on any atom is 0.412 e. The normalized spacial score (nSPS) is 11.3. The second kappa shape index (κ2) is 6.42. The van der Waals surface area contributed by atoms with Crippen molar-refractivity contribution in [1.29, 1.82) is 0 Å². The number of hydrogen-bond acceptors (Lipinski definition) is 3. The largest absolute Gasteiger partial charge is 0.444 e. The van der Waals surface area contributed by atoms with E-state index in [0.717, 1.165) is 13.0 Å². The Morgan fingerprint density at radius 3 is 2.78 bits per heavy atom. The average molecular weight is 253 g/mol. The van der Waals surface area contributed by atoms with Gasteiger partial charge < -0.3 is 4.74 Å². The number of hydrogen-bond donors (Lipinski definition) is 1. The zero-order valence-corrected chi connectivity index (χ0v) is 11.7. The van der Waals surface area contributed by atoms with Gasteiger partial charge in [-0.15, -0.1) is 0 Å². The molecule has 0 saturated carbocycles. The van der Waals surface area contributed by atoms with Crippen molar-refractivity contribution in [3.8, 4) is 0 Å². The molecule has 1 heterocycles. The Morgan fingerprint density at radius 2 is 2.17 bits per heavy atom. The van der Waals surface area contributed by atoms with Crippen LogP contribution in [0.5, 0.6) is 0 Å². The topological polar surface area (TPSA) is 56.2 Å². The van der Waals surface area contributed by atoms with Crippen molar-refractivity contribution in [2.75, 3.05) is 5.32 Å². The number of aryl methyl sites for hydroxylation is 1. The maximum absolute atomic E-state index is 11.5. The highest BCUT2D eigenvalue weighted by Crippen LogP contribution is 2.11. The van der Waals surface area contributed by atoms with Crippen molar-refractivity contribution in [3.63, 3.8) is 0 Å². The molecule has 1 amide bonds. The van der Waals surface area contributed by atoms with E-state index in [0.29, 0.717) is 5.69 Å². The van der Waals surface area contributed by atoms with Crippen LogP contribution in [0.25, 0.3) is 0 Å². The number of nitrogens with zero attached hydrogens (tertiary/aromatic N) is 2. The number of unbranched alkanes of at least 4 members (excludes halogenated alkanes) is 2. The third-order valence-electron chi connectivity index (χ3n) is 2.27. The van der Waals surface area contributed by atoms with Crippen LogP contribution in [-0.4, -0.2) is 21.5 Å². The van der Waals surface area contributed by atoms with E-state index in [-0.39, 0.29) is 0 Å². The van der Waals surface area contributed by atoms with Gasteiger partial charge >= 0.3 is 6.09 Å². The van der Waals surface area contributed by atoms with Gasteiger partial charge in [0.1, 0.15) is 5.60 Å². The van der Waals surface area contributed by atoms with Gasteiger partial charge in [-0.2, -0.15) is 5.10 Å². The molecule has 18 heavy (non-hydrogen) atoms. The fourth-order valence-electron chi connectivity index (χ4n) is 1.50. The molecule has 1 rings (SSSR count). The van der Waals surface area contributed by atoms with Crippen LogP contribution in [0.15, 0.2) is 12.4 Å². The summed E-state index contributed by atoms with van der Waals surface area (Å²) in [6.07, 6.45) is 6.48. The fourth-order valence-corrected chi connectivity index (χ4v) is 1.50. The lowest BCUT2D eigenvalue weighted by atomic mass is 10.2. The zero-order valence-electron chi connectivity index (χ0n) is 11.7. The van der Waals surface area contributed by atoms with Gasteiger partial charge in [-0.25, -0.2) is 4.79 Å². The third-order valence-corrected chi connectivity index (χ3v) is 2.27. The Balaban J connectivity index is 2.41. The molecule has 0 saturated heterocycles. The van der Waals surface area contributed by atoms with E-state index >= 15 is 0 Å². The molecular formula is C13H23N3O2. The Kier molecular flexibility index (Phi) is 5.19. The van der Waals surface area contributed by atoms with Gasteiger partial charge in [-0.05, 0) is 27.2 Å². The number of carbonyl (C=O) groups excluding carboxylic acids is 1. The van der Waals surface area contributed by atoms with Crippen LogP contribution >= 0.6 is 0 Å². The summed E-state index contributed by atoms with van der Waals surface area (Å²) in [7, 11) is 0. The molecule has 1 aromatic heterocycles. The second-order valence-corrected chi connectivity index (χ2v) is 5.33. The van der Waals surface area contributed by atoms with E-state index in [2.05, 4.69) is 17.3 Å². The summed E-state index contributed by atoms with van der Waals surface area (Å²) in [5.41, 5.74) is 0.182. The van der Waals surface area contributed by atoms with E-state index in [4.69, 9.17) is 4.74 Å². The van der Waals surface area contributed by atoms with Gasteiger partial charge in [-0.3, -0.25) is 10.00 Å². The van der Waals surface area contributed by atoms with E-state index in [1.807, 2.05) is 31.6 Å². The first kappa shape index (κ1) is 14.5. The highest BCUT2D eigenvalue weighted by molar-refractivity contribution is 5.84. The minimum atomic E-state index is -0.485. The summed E-state index contributed by atoms with van der Waals surface area (Å²) in [4.78, 5) is 11.5. The summed E-state index contributed by atoms with van der Waals surface area (Å²) in [5, 5.41) is 6.85. The average Bonchev–Trinajstić information content (AvgIpc) is 2.63. The minimum Gasteiger partial charge on any atom is -0.444 e. The molecule has 0 spiro atoms. The Bertz CT molecular complexity index is 380. The van der Waals surface area contributed by atoms with E-state index in [9.17, 15) is 4.79 Å². The molecule has 0 radical (unpaired) electrons. The van der Waals surface area contributed by atoms with E-state index in [1.54, 1.807) is 6.20 Å². The van der Waals surface area contributed by atoms with Gasteiger partial charge in [0, 0.05) is 12.7 Å². The number of rotatable bonds is 5. The number of anilines is 1. The van der Waals surface area contributed by atoms with Crippen molar-refractivity contribution in [2.45, 2.75) is 59.1 Å². The summed E-state index contributed by atoms with van der Waals surface area (Å²) in [6, 6.07) is 0. The molecule has 0 aliphatic heterocycles. The monoisotopic (exact) mass is 253 g/mol. The van der Waals surface area contributed by atoms with Gasteiger partial charge in [0.25, 0.3) is 0 Å². The van der Waals surface area contributed by atoms with Crippen LogP contribution in [0, 0.1) is 0 Å². The minimum absolute atomic E-state index is 0.449. The molecule has 0 aromatic carbocycles. The standard InChI is InChI=1S/C13H23N3O2/c1-5-6-7-8-16-10-11(9-14-16)15-12(17)18-13(2,3)4/h9-10H,5-8H2,1-4H3,(H,15,17). The SMILES string of the molecule is CCCCCn1cc(NC(=O)OC(C)(C)C)cn1. The van der Waals surface area contributed by atoms with Crippen molar-refractivity contribution in [1.82, 2.24) is 9.78 Å². The molecule has 0 fully saturated rings. The molecule has 0 atom stereocenters. The van der Waals surface area contributed by atoms with E-state index < -0.39 is 11.7 Å².